The van der Waals surface area contributed by atoms with E-state index in [1.54, 1.807) is 0 Å². The summed E-state index contributed by atoms with van der Waals surface area (Å²) < 4.78 is 0. The van der Waals surface area contributed by atoms with Gasteiger partial charge in [-0.2, -0.15) is 0 Å². The van der Waals surface area contributed by atoms with Gasteiger partial charge in [0.1, 0.15) is 0 Å². The lowest BCUT2D eigenvalue weighted by Crippen LogP contribution is -2.31. The molecule has 1 rings (SSSR count). The third kappa shape index (κ3) is 1.80. The van der Waals surface area contributed by atoms with Gasteiger partial charge in [-0.3, -0.25) is 4.79 Å². The molecule has 2 atom stereocenters. The Morgan fingerprint density at radius 3 is 2.73 bits per heavy atom. The quantitative estimate of drug-likeness (QED) is 0.552. The molecule has 11 heavy (non-hydrogen) atoms. The Hall–Kier alpha value is -0.830. The Bertz CT molecular complexity index is 186. The molecule has 0 bridgehead atoms. The zero-order chi connectivity index (χ0) is 8.43. The van der Waals surface area contributed by atoms with E-state index in [2.05, 4.69) is 6.58 Å². The van der Waals surface area contributed by atoms with Crippen LogP contribution in [0.25, 0.3) is 0 Å². The van der Waals surface area contributed by atoms with Crippen LogP contribution in [0.15, 0.2) is 12.2 Å². The molecule has 1 aliphatic carbocycles. The average Bonchev–Trinajstić information content (AvgIpc) is 1.94. The van der Waals surface area contributed by atoms with Crippen molar-refractivity contribution in [1.82, 2.24) is 0 Å². The number of hydrogen-bond donors (Lipinski definition) is 2. The molecule has 0 amide bonds. The number of hydrogen-bond acceptors (Lipinski definition) is 2. The van der Waals surface area contributed by atoms with E-state index in [-0.39, 0.29) is 0 Å². The Morgan fingerprint density at radius 1 is 1.64 bits per heavy atom. The lowest BCUT2D eigenvalue weighted by atomic mass is 9.84. The normalized spacial score (nSPS) is 31.9. The van der Waals surface area contributed by atoms with E-state index in [0.717, 1.165) is 12.0 Å². The van der Waals surface area contributed by atoms with E-state index >= 15 is 0 Å². The maximum absolute atomic E-state index is 10.5. The highest BCUT2D eigenvalue weighted by atomic mass is 16.4. The number of carboxylic acid groups (broad SMARTS) is 1. The van der Waals surface area contributed by atoms with Crippen molar-refractivity contribution < 1.29 is 15.0 Å². The first-order valence-corrected chi connectivity index (χ1v) is 3.69. The van der Waals surface area contributed by atoms with Gasteiger partial charge in [-0.25, -0.2) is 0 Å². The van der Waals surface area contributed by atoms with Gasteiger partial charge >= 0.3 is 5.97 Å². The Balaban J connectivity index is 2.61. The Labute approximate surface area is 65.3 Å². The first-order valence-electron chi connectivity index (χ1n) is 3.69. The number of carboxylic acids is 1. The summed E-state index contributed by atoms with van der Waals surface area (Å²) in [5.41, 5.74) is 0.933. The molecule has 0 aromatic heterocycles. The van der Waals surface area contributed by atoms with Crippen LogP contribution >= 0.6 is 0 Å². The first kappa shape index (κ1) is 8.27. The van der Waals surface area contributed by atoms with E-state index < -0.39 is 18.0 Å². The lowest BCUT2D eigenvalue weighted by Gasteiger charge is -2.25. The summed E-state index contributed by atoms with van der Waals surface area (Å²) in [6.45, 7) is 3.71. The van der Waals surface area contributed by atoms with Gasteiger partial charge in [0.05, 0.1) is 12.0 Å². The van der Waals surface area contributed by atoms with Gasteiger partial charge in [0, 0.05) is 0 Å². The number of allylic oxidation sites excluding steroid dienone is 1. The maximum atomic E-state index is 10.5. The standard InChI is InChI=1S/C8H12O3/c1-5-2-3-7(9)6(4-5)8(10)11/h6-7,9H,1-4H2,(H,10,11). The molecule has 1 saturated carbocycles. The van der Waals surface area contributed by atoms with Crippen molar-refractivity contribution >= 4 is 5.97 Å². The molecule has 3 nitrogen and oxygen atoms in total. The van der Waals surface area contributed by atoms with Crippen molar-refractivity contribution in [2.75, 3.05) is 0 Å². The van der Waals surface area contributed by atoms with Crippen molar-refractivity contribution in [3.8, 4) is 0 Å². The predicted molar refractivity (Wildman–Crippen MR) is 40.1 cm³/mol. The zero-order valence-electron chi connectivity index (χ0n) is 6.29. The van der Waals surface area contributed by atoms with Gasteiger partial charge in [0.15, 0.2) is 0 Å². The van der Waals surface area contributed by atoms with Crippen molar-refractivity contribution in [2.45, 2.75) is 25.4 Å². The number of carbonyl (C=O) groups is 1. The van der Waals surface area contributed by atoms with E-state index in [1.165, 1.54) is 0 Å². The highest BCUT2D eigenvalue weighted by Gasteiger charge is 2.30. The molecule has 2 unspecified atom stereocenters. The minimum atomic E-state index is -0.918. The highest BCUT2D eigenvalue weighted by molar-refractivity contribution is 5.71. The van der Waals surface area contributed by atoms with E-state index in [4.69, 9.17) is 5.11 Å². The summed E-state index contributed by atoms with van der Waals surface area (Å²) in [5, 5.41) is 17.9. The summed E-state index contributed by atoms with van der Waals surface area (Å²) in [4.78, 5) is 10.5. The molecule has 1 aliphatic rings. The fraction of sp³-hybridized carbons (Fsp3) is 0.625. The molecule has 0 heterocycles. The van der Waals surface area contributed by atoms with E-state index in [9.17, 15) is 9.90 Å². The van der Waals surface area contributed by atoms with Gasteiger partial charge in [0.2, 0.25) is 0 Å². The number of aliphatic hydroxyl groups is 1. The molecular weight excluding hydrogens is 144 g/mol. The van der Waals surface area contributed by atoms with Crippen LogP contribution < -0.4 is 0 Å². The second-order valence-electron chi connectivity index (χ2n) is 3.00. The molecule has 62 valence electrons. The fourth-order valence-electron chi connectivity index (χ4n) is 1.35. The average molecular weight is 156 g/mol. The molecule has 0 aromatic rings. The maximum Gasteiger partial charge on any atom is 0.309 e. The number of aliphatic carboxylic acids is 1. The van der Waals surface area contributed by atoms with Crippen molar-refractivity contribution in [1.29, 1.82) is 0 Å². The van der Waals surface area contributed by atoms with Crippen LogP contribution in [-0.2, 0) is 4.79 Å². The number of aliphatic hydroxyl groups excluding tert-OH is 1. The summed E-state index contributed by atoms with van der Waals surface area (Å²) in [6.07, 6.45) is 1.04. The van der Waals surface area contributed by atoms with Crippen molar-refractivity contribution in [2.24, 2.45) is 5.92 Å². The summed E-state index contributed by atoms with van der Waals surface area (Å²) in [5.74, 6) is -1.55. The van der Waals surface area contributed by atoms with Crippen LogP contribution in [0.3, 0.4) is 0 Å². The molecule has 0 aromatic carbocycles. The Kier molecular flexibility index (Phi) is 2.29. The molecule has 3 heteroatoms. The van der Waals surface area contributed by atoms with Crippen LogP contribution in [0.4, 0.5) is 0 Å². The molecule has 0 aliphatic heterocycles. The highest BCUT2D eigenvalue weighted by Crippen LogP contribution is 2.27. The van der Waals surface area contributed by atoms with Gasteiger partial charge in [0.25, 0.3) is 0 Å². The molecule has 0 radical (unpaired) electrons. The van der Waals surface area contributed by atoms with Crippen LogP contribution in [-0.4, -0.2) is 22.3 Å². The monoisotopic (exact) mass is 156 g/mol. The minimum absolute atomic E-state index is 0.427. The SMILES string of the molecule is C=C1CCC(O)C(C(=O)O)C1. The van der Waals surface area contributed by atoms with Gasteiger partial charge < -0.3 is 10.2 Å². The van der Waals surface area contributed by atoms with Gasteiger partial charge in [-0.05, 0) is 19.3 Å². The molecular formula is C8H12O3. The van der Waals surface area contributed by atoms with Gasteiger partial charge in [-0.1, -0.05) is 12.2 Å². The fourth-order valence-corrected chi connectivity index (χ4v) is 1.35. The van der Waals surface area contributed by atoms with Crippen molar-refractivity contribution in [3.05, 3.63) is 12.2 Å². The zero-order valence-corrected chi connectivity index (χ0v) is 6.29. The predicted octanol–water partition coefficient (Wildman–Crippen LogP) is 0.788. The molecule has 2 N–H and O–H groups in total. The largest absolute Gasteiger partial charge is 0.481 e. The second kappa shape index (κ2) is 3.05. The lowest BCUT2D eigenvalue weighted by molar-refractivity contribution is -0.146. The topological polar surface area (TPSA) is 57.5 Å². The summed E-state index contributed by atoms with van der Waals surface area (Å²) in [6, 6.07) is 0. The van der Waals surface area contributed by atoms with Crippen molar-refractivity contribution in [3.63, 3.8) is 0 Å². The third-order valence-electron chi connectivity index (χ3n) is 2.08. The minimum Gasteiger partial charge on any atom is -0.481 e. The Morgan fingerprint density at radius 2 is 2.27 bits per heavy atom. The molecule has 0 spiro atoms. The summed E-state index contributed by atoms with van der Waals surface area (Å²) in [7, 11) is 0. The number of rotatable bonds is 1. The molecule has 1 fully saturated rings. The van der Waals surface area contributed by atoms with Gasteiger partial charge in [-0.15, -0.1) is 0 Å². The van der Waals surface area contributed by atoms with Crippen LogP contribution in [0, 0.1) is 5.92 Å². The third-order valence-corrected chi connectivity index (χ3v) is 2.08. The van der Waals surface area contributed by atoms with Crippen LogP contribution in [0.5, 0.6) is 0 Å². The summed E-state index contributed by atoms with van der Waals surface area (Å²) >= 11 is 0. The van der Waals surface area contributed by atoms with E-state index in [0.29, 0.717) is 12.8 Å². The molecule has 0 saturated heterocycles. The first-order chi connectivity index (χ1) is 5.11. The second-order valence-corrected chi connectivity index (χ2v) is 3.00. The van der Waals surface area contributed by atoms with E-state index in [1.807, 2.05) is 0 Å². The van der Waals surface area contributed by atoms with Crippen LogP contribution in [0.1, 0.15) is 19.3 Å². The smallest absolute Gasteiger partial charge is 0.309 e. The van der Waals surface area contributed by atoms with Crippen LogP contribution in [0.2, 0.25) is 0 Å².